The number of fused-ring (bicyclic) bond motifs is 3. The average Bonchev–Trinajstić information content (AvgIpc) is 2.92. The van der Waals surface area contributed by atoms with Gasteiger partial charge < -0.3 is 4.74 Å². The molecule has 1 unspecified atom stereocenters. The summed E-state index contributed by atoms with van der Waals surface area (Å²) < 4.78 is 5.61. The van der Waals surface area contributed by atoms with Gasteiger partial charge in [0.25, 0.3) is 0 Å². The number of hydrogen-bond donors (Lipinski definition) is 0. The molecule has 1 atom stereocenters. The highest BCUT2D eigenvalue weighted by Gasteiger charge is 2.17. The van der Waals surface area contributed by atoms with E-state index >= 15 is 0 Å². The van der Waals surface area contributed by atoms with E-state index in [0.29, 0.717) is 0 Å². The summed E-state index contributed by atoms with van der Waals surface area (Å²) >= 11 is 1.82. The third-order valence-corrected chi connectivity index (χ3v) is 8.21. The Balaban J connectivity index is 2.21. The summed E-state index contributed by atoms with van der Waals surface area (Å²) in [5.41, 5.74) is 2.57. The third kappa shape index (κ3) is 2.65. The smallest absolute Gasteiger partial charge is 0.122 e. The van der Waals surface area contributed by atoms with Gasteiger partial charge >= 0.3 is 0 Å². The Labute approximate surface area is 154 Å². The molecule has 1 heterocycles. The first-order valence-corrected chi connectivity index (χ1v) is 10.9. The molecule has 1 aromatic heterocycles. The maximum atomic E-state index is 5.61. The molecule has 0 saturated heterocycles. The van der Waals surface area contributed by atoms with Crippen molar-refractivity contribution in [2.24, 2.45) is 0 Å². The Morgan fingerprint density at radius 2 is 1.48 bits per heavy atom. The standard InChI is InChI=1S/C22H21OPS/c1-14-10-20-17(12-19(14)23-3)18-13-22(25-4)15(2)11-21(18)24(20)16-8-6-5-7-9-16/h5-13H,1-4H3. The Morgan fingerprint density at radius 1 is 0.840 bits per heavy atom. The van der Waals surface area contributed by atoms with Crippen LogP contribution in [0.4, 0.5) is 0 Å². The van der Waals surface area contributed by atoms with Crippen molar-refractivity contribution >= 4 is 40.3 Å². The minimum absolute atomic E-state index is 0.504. The van der Waals surface area contributed by atoms with Crippen LogP contribution in [0.25, 0.3) is 26.3 Å². The predicted molar refractivity (Wildman–Crippen MR) is 113 cm³/mol. The molecule has 0 aliphatic rings. The number of methoxy groups -OCH3 is 1. The molecule has 0 N–H and O–H groups in total. The molecule has 3 heteroatoms. The van der Waals surface area contributed by atoms with E-state index in [1.54, 1.807) is 7.11 Å². The van der Waals surface area contributed by atoms with Crippen LogP contribution in [0.2, 0.25) is 0 Å². The highest BCUT2D eigenvalue weighted by atomic mass is 32.2. The SMILES string of the molecule is COc1cc2c3cc(SC)c(C)cc3p(-c3ccccc3)c2cc1C. The molecule has 0 aliphatic carbocycles. The molecule has 0 bridgehead atoms. The second kappa shape index (κ2) is 6.44. The Kier molecular flexibility index (Phi) is 4.27. The fraction of sp³-hybridized carbons (Fsp3) is 0.182. The molecule has 0 aliphatic heterocycles. The van der Waals surface area contributed by atoms with Crippen LogP contribution in [-0.4, -0.2) is 13.4 Å². The lowest BCUT2D eigenvalue weighted by atomic mass is 10.1. The van der Waals surface area contributed by atoms with Gasteiger partial charge in [0.1, 0.15) is 5.75 Å². The van der Waals surface area contributed by atoms with Crippen molar-refractivity contribution in [2.45, 2.75) is 18.7 Å². The zero-order chi connectivity index (χ0) is 17.6. The molecular formula is C22H21OPS. The van der Waals surface area contributed by atoms with Crippen molar-refractivity contribution in [3.63, 3.8) is 0 Å². The van der Waals surface area contributed by atoms with Crippen molar-refractivity contribution in [1.29, 1.82) is 0 Å². The highest BCUT2D eigenvalue weighted by molar-refractivity contribution is 7.98. The number of rotatable bonds is 3. The van der Waals surface area contributed by atoms with E-state index in [9.17, 15) is 0 Å². The molecule has 0 saturated carbocycles. The fourth-order valence-corrected chi connectivity index (χ4v) is 6.97. The molecule has 0 radical (unpaired) electrons. The lowest BCUT2D eigenvalue weighted by Gasteiger charge is -2.07. The van der Waals surface area contributed by atoms with E-state index in [2.05, 4.69) is 74.7 Å². The predicted octanol–water partition coefficient (Wildman–Crippen LogP) is 7.32. The van der Waals surface area contributed by atoms with E-state index in [-0.39, 0.29) is 0 Å². The second-order valence-electron chi connectivity index (χ2n) is 6.35. The van der Waals surface area contributed by atoms with E-state index in [0.717, 1.165) is 5.75 Å². The van der Waals surface area contributed by atoms with Gasteiger partial charge in [0.2, 0.25) is 0 Å². The second-order valence-corrected chi connectivity index (χ2v) is 9.35. The molecule has 0 fully saturated rings. The summed E-state index contributed by atoms with van der Waals surface area (Å²) in [6.07, 6.45) is 2.15. The van der Waals surface area contributed by atoms with Crippen molar-refractivity contribution < 1.29 is 4.74 Å². The monoisotopic (exact) mass is 364 g/mol. The third-order valence-electron chi connectivity index (χ3n) is 4.81. The van der Waals surface area contributed by atoms with Gasteiger partial charge in [0.15, 0.2) is 0 Å². The topological polar surface area (TPSA) is 9.23 Å². The van der Waals surface area contributed by atoms with Crippen molar-refractivity contribution in [1.82, 2.24) is 0 Å². The van der Waals surface area contributed by atoms with Gasteiger partial charge in [-0.25, -0.2) is 0 Å². The molecule has 3 aromatic carbocycles. The molecule has 126 valence electrons. The van der Waals surface area contributed by atoms with Crippen LogP contribution in [0.15, 0.2) is 59.5 Å². The van der Waals surface area contributed by atoms with Crippen LogP contribution in [0, 0.1) is 13.8 Å². The number of ether oxygens (including phenoxy) is 1. The normalized spacial score (nSPS) is 12.1. The highest BCUT2D eigenvalue weighted by Crippen LogP contribution is 2.56. The maximum Gasteiger partial charge on any atom is 0.122 e. The van der Waals surface area contributed by atoms with Crippen LogP contribution >= 0.6 is 19.3 Å². The molecule has 0 spiro atoms. The molecule has 1 nitrogen and oxygen atoms in total. The van der Waals surface area contributed by atoms with E-state index in [1.807, 2.05) is 11.8 Å². The first-order valence-electron chi connectivity index (χ1n) is 8.37. The minimum Gasteiger partial charge on any atom is -0.496 e. The van der Waals surface area contributed by atoms with Crippen LogP contribution in [0.1, 0.15) is 11.1 Å². The number of benzene rings is 3. The molecule has 25 heavy (non-hydrogen) atoms. The van der Waals surface area contributed by atoms with Crippen LogP contribution in [0.5, 0.6) is 5.75 Å². The van der Waals surface area contributed by atoms with Crippen molar-refractivity contribution in [3.05, 3.63) is 65.7 Å². The summed E-state index contributed by atoms with van der Waals surface area (Å²) in [4.78, 5) is 1.36. The summed E-state index contributed by atoms with van der Waals surface area (Å²) in [5, 5.41) is 7.05. The molecule has 0 amide bonds. The first kappa shape index (κ1) is 16.6. The lowest BCUT2D eigenvalue weighted by Crippen LogP contribution is -1.86. The number of hydrogen-bond acceptors (Lipinski definition) is 2. The van der Waals surface area contributed by atoms with Gasteiger partial charge in [-0.05, 0) is 71.6 Å². The number of aryl methyl sites for hydroxylation is 2. The summed E-state index contributed by atoms with van der Waals surface area (Å²) in [6.45, 7) is 4.36. The largest absolute Gasteiger partial charge is 0.496 e. The maximum absolute atomic E-state index is 5.61. The van der Waals surface area contributed by atoms with Crippen LogP contribution in [0.3, 0.4) is 0 Å². The number of thioether (sulfide) groups is 1. The van der Waals surface area contributed by atoms with Crippen LogP contribution < -0.4 is 4.74 Å². The summed E-state index contributed by atoms with van der Waals surface area (Å²) in [7, 11) is 1.25. The zero-order valence-electron chi connectivity index (χ0n) is 15.0. The van der Waals surface area contributed by atoms with E-state index in [4.69, 9.17) is 4.74 Å². The summed E-state index contributed by atoms with van der Waals surface area (Å²) in [6, 6.07) is 20.3. The van der Waals surface area contributed by atoms with Gasteiger partial charge in [-0.15, -0.1) is 11.8 Å². The van der Waals surface area contributed by atoms with Gasteiger partial charge in [-0.1, -0.05) is 37.9 Å². The van der Waals surface area contributed by atoms with Crippen LogP contribution in [-0.2, 0) is 0 Å². The Morgan fingerprint density at radius 3 is 2.12 bits per heavy atom. The van der Waals surface area contributed by atoms with Gasteiger partial charge in [-0.2, -0.15) is 0 Å². The van der Waals surface area contributed by atoms with E-state index < -0.39 is 7.53 Å². The van der Waals surface area contributed by atoms with Gasteiger partial charge in [-0.3, -0.25) is 0 Å². The molecular weight excluding hydrogens is 343 g/mol. The first-order chi connectivity index (χ1) is 12.1. The summed E-state index contributed by atoms with van der Waals surface area (Å²) in [5.74, 6) is 0.973. The Hall–Kier alpha value is -1.89. The lowest BCUT2D eigenvalue weighted by molar-refractivity contribution is 0.412. The zero-order valence-corrected chi connectivity index (χ0v) is 16.7. The minimum atomic E-state index is -0.504. The molecule has 4 aromatic rings. The van der Waals surface area contributed by atoms with Gasteiger partial charge in [0.05, 0.1) is 7.11 Å². The quantitative estimate of drug-likeness (QED) is 0.352. The van der Waals surface area contributed by atoms with Gasteiger partial charge in [0, 0.05) is 15.1 Å². The Bertz CT molecular complexity index is 1010. The van der Waals surface area contributed by atoms with Crippen molar-refractivity contribution in [2.75, 3.05) is 13.4 Å². The fourth-order valence-electron chi connectivity index (χ4n) is 3.57. The van der Waals surface area contributed by atoms with E-state index in [1.165, 1.54) is 42.3 Å². The van der Waals surface area contributed by atoms with Crippen molar-refractivity contribution in [3.8, 4) is 11.1 Å². The average molecular weight is 364 g/mol. The molecule has 4 rings (SSSR count).